The van der Waals surface area contributed by atoms with Crippen LogP contribution in [0.5, 0.6) is 0 Å². The molecule has 0 saturated heterocycles. The zero-order chi connectivity index (χ0) is 15.5. The molecule has 1 aliphatic carbocycles. The van der Waals surface area contributed by atoms with Crippen molar-refractivity contribution in [2.24, 2.45) is 5.73 Å². The number of ether oxygens (including phenoxy) is 1. The Morgan fingerprint density at radius 1 is 1.00 bits per heavy atom. The Labute approximate surface area is 130 Å². The topological polar surface area (TPSA) is 35.2 Å². The first-order valence-corrected chi connectivity index (χ1v) is 8.47. The van der Waals surface area contributed by atoms with Gasteiger partial charge in [-0.05, 0) is 62.8 Å². The Kier molecular flexibility index (Phi) is 5.45. The average Bonchev–Trinajstić information content (AvgIpc) is 2.69. The minimum atomic E-state index is -0.169. The van der Waals surface area contributed by atoms with Crippen molar-refractivity contribution in [1.29, 1.82) is 0 Å². The molecule has 0 radical (unpaired) electrons. The van der Waals surface area contributed by atoms with Crippen molar-refractivity contribution >= 4 is 0 Å². The number of benzene rings is 1. The van der Waals surface area contributed by atoms with E-state index in [1.54, 1.807) is 0 Å². The first-order valence-electron chi connectivity index (χ1n) is 8.47. The van der Waals surface area contributed by atoms with Gasteiger partial charge < -0.3 is 10.5 Å². The lowest BCUT2D eigenvalue weighted by Gasteiger charge is -2.39. The van der Waals surface area contributed by atoms with E-state index in [9.17, 15) is 0 Å². The Bertz CT molecular complexity index is 473. The van der Waals surface area contributed by atoms with Crippen molar-refractivity contribution < 1.29 is 4.74 Å². The Balaban J connectivity index is 2.37. The molecule has 1 fully saturated rings. The lowest BCUT2D eigenvalue weighted by atomic mass is 9.80. The van der Waals surface area contributed by atoms with Gasteiger partial charge in [-0.15, -0.1) is 0 Å². The molecule has 118 valence electrons. The van der Waals surface area contributed by atoms with Crippen molar-refractivity contribution in [3.8, 4) is 0 Å². The summed E-state index contributed by atoms with van der Waals surface area (Å²) in [4.78, 5) is 0. The van der Waals surface area contributed by atoms with Crippen LogP contribution in [0.15, 0.2) is 12.1 Å². The van der Waals surface area contributed by atoms with Crippen LogP contribution in [-0.2, 0) is 4.74 Å². The second kappa shape index (κ2) is 6.93. The van der Waals surface area contributed by atoms with Crippen LogP contribution in [0.4, 0.5) is 0 Å². The van der Waals surface area contributed by atoms with Crippen LogP contribution in [0.3, 0.4) is 0 Å². The van der Waals surface area contributed by atoms with Gasteiger partial charge >= 0.3 is 0 Å². The highest BCUT2D eigenvalue weighted by molar-refractivity contribution is 5.39. The zero-order valence-electron chi connectivity index (χ0n) is 14.2. The molecule has 0 aromatic heterocycles. The van der Waals surface area contributed by atoms with Crippen molar-refractivity contribution in [2.45, 2.75) is 77.9 Å². The third-order valence-corrected chi connectivity index (χ3v) is 5.17. The summed E-state index contributed by atoms with van der Waals surface area (Å²) in [5, 5.41) is 0. The lowest BCUT2D eigenvalue weighted by molar-refractivity contribution is -0.0697. The quantitative estimate of drug-likeness (QED) is 0.812. The molecule has 2 nitrogen and oxygen atoms in total. The first-order chi connectivity index (χ1) is 10.00. The van der Waals surface area contributed by atoms with Crippen LogP contribution in [0.2, 0.25) is 0 Å². The highest BCUT2D eigenvalue weighted by Gasteiger charge is 2.39. The average molecular weight is 289 g/mol. The van der Waals surface area contributed by atoms with Crippen LogP contribution < -0.4 is 5.73 Å². The predicted molar refractivity (Wildman–Crippen MR) is 89.6 cm³/mol. The second-order valence-electron chi connectivity index (χ2n) is 6.68. The zero-order valence-corrected chi connectivity index (χ0v) is 14.2. The van der Waals surface area contributed by atoms with E-state index in [2.05, 4.69) is 39.8 Å². The van der Waals surface area contributed by atoms with Crippen LogP contribution >= 0.6 is 0 Å². The minimum absolute atomic E-state index is 0.0187. The fourth-order valence-corrected chi connectivity index (χ4v) is 3.76. The van der Waals surface area contributed by atoms with E-state index in [1.807, 2.05) is 0 Å². The largest absolute Gasteiger partial charge is 0.373 e. The molecule has 0 amide bonds. The molecule has 0 aliphatic heterocycles. The molecule has 2 N–H and O–H groups in total. The summed E-state index contributed by atoms with van der Waals surface area (Å²) in [6.07, 6.45) is 7.28. The number of nitrogens with two attached hydrogens (primary N) is 1. The molecule has 1 unspecified atom stereocenters. The van der Waals surface area contributed by atoms with E-state index in [-0.39, 0.29) is 11.6 Å². The predicted octanol–water partition coefficient (Wildman–Crippen LogP) is 4.74. The van der Waals surface area contributed by atoms with Gasteiger partial charge in [0.05, 0.1) is 11.6 Å². The Hall–Kier alpha value is -0.860. The summed E-state index contributed by atoms with van der Waals surface area (Å²) in [7, 11) is 0. The monoisotopic (exact) mass is 289 g/mol. The van der Waals surface area contributed by atoms with Gasteiger partial charge in [0.15, 0.2) is 0 Å². The summed E-state index contributed by atoms with van der Waals surface area (Å²) in [5.74, 6) is 0. The van der Waals surface area contributed by atoms with Gasteiger partial charge in [0.25, 0.3) is 0 Å². The van der Waals surface area contributed by atoms with E-state index in [1.165, 1.54) is 47.9 Å². The summed E-state index contributed by atoms with van der Waals surface area (Å²) < 4.78 is 6.27. The van der Waals surface area contributed by atoms with Gasteiger partial charge in [0.1, 0.15) is 0 Å². The third-order valence-electron chi connectivity index (χ3n) is 5.17. The molecular weight excluding hydrogens is 258 g/mol. The SMILES string of the molecule is CCOC1(C(N)c2cc(C)c(C)cc2C)CCCCCC1. The van der Waals surface area contributed by atoms with Gasteiger partial charge in [0, 0.05) is 6.61 Å². The molecule has 2 rings (SSSR count). The summed E-state index contributed by atoms with van der Waals surface area (Å²) in [6.45, 7) is 9.36. The van der Waals surface area contributed by atoms with Gasteiger partial charge in [-0.1, -0.05) is 37.8 Å². The Morgan fingerprint density at radius 3 is 2.14 bits per heavy atom. The van der Waals surface area contributed by atoms with E-state index < -0.39 is 0 Å². The van der Waals surface area contributed by atoms with Crippen LogP contribution in [-0.4, -0.2) is 12.2 Å². The molecular formula is C19H31NO. The van der Waals surface area contributed by atoms with Gasteiger partial charge in [0.2, 0.25) is 0 Å². The molecule has 0 heterocycles. The van der Waals surface area contributed by atoms with Crippen molar-refractivity contribution in [3.05, 3.63) is 34.4 Å². The Morgan fingerprint density at radius 2 is 1.57 bits per heavy atom. The number of aryl methyl sites for hydroxylation is 3. The molecule has 1 atom stereocenters. The second-order valence-corrected chi connectivity index (χ2v) is 6.68. The maximum Gasteiger partial charge on any atom is 0.0874 e. The molecule has 1 aliphatic rings. The molecule has 2 heteroatoms. The third kappa shape index (κ3) is 3.49. The summed E-state index contributed by atoms with van der Waals surface area (Å²) >= 11 is 0. The molecule has 1 aromatic rings. The van der Waals surface area contributed by atoms with Gasteiger partial charge in [-0.3, -0.25) is 0 Å². The van der Waals surface area contributed by atoms with Crippen molar-refractivity contribution in [3.63, 3.8) is 0 Å². The molecule has 0 spiro atoms. The van der Waals surface area contributed by atoms with Crippen LogP contribution in [0, 0.1) is 20.8 Å². The summed E-state index contributed by atoms with van der Waals surface area (Å²) in [6, 6.07) is 4.52. The maximum atomic E-state index is 6.76. The molecule has 1 saturated carbocycles. The standard InChI is InChI=1S/C19H31NO/c1-5-21-19(10-8-6-7-9-11-19)18(20)17-13-15(3)14(2)12-16(17)4/h12-13,18H,5-11,20H2,1-4H3. The number of rotatable bonds is 4. The smallest absolute Gasteiger partial charge is 0.0874 e. The fourth-order valence-electron chi connectivity index (χ4n) is 3.76. The van der Waals surface area contributed by atoms with Gasteiger partial charge in [-0.25, -0.2) is 0 Å². The van der Waals surface area contributed by atoms with E-state index in [4.69, 9.17) is 10.5 Å². The highest BCUT2D eigenvalue weighted by Crippen LogP contribution is 2.40. The minimum Gasteiger partial charge on any atom is -0.373 e. The van der Waals surface area contributed by atoms with E-state index in [0.717, 1.165) is 19.4 Å². The van der Waals surface area contributed by atoms with E-state index in [0.29, 0.717) is 0 Å². The normalized spacial score (nSPS) is 20.0. The first kappa shape index (κ1) is 16.5. The lowest BCUT2D eigenvalue weighted by Crippen LogP contribution is -2.44. The van der Waals surface area contributed by atoms with Crippen molar-refractivity contribution in [2.75, 3.05) is 6.61 Å². The highest BCUT2D eigenvalue weighted by atomic mass is 16.5. The molecule has 21 heavy (non-hydrogen) atoms. The number of hydrogen-bond acceptors (Lipinski definition) is 2. The summed E-state index contributed by atoms with van der Waals surface area (Å²) in [5.41, 5.74) is 11.8. The van der Waals surface area contributed by atoms with Gasteiger partial charge in [-0.2, -0.15) is 0 Å². The number of hydrogen-bond donors (Lipinski definition) is 1. The van der Waals surface area contributed by atoms with Crippen LogP contribution in [0.1, 0.15) is 73.7 Å². The maximum absolute atomic E-state index is 6.76. The molecule has 1 aromatic carbocycles. The molecule has 0 bridgehead atoms. The fraction of sp³-hybridized carbons (Fsp3) is 0.684. The van der Waals surface area contributed by atoms with Crippen LogP contribution in [0.25, 0.3) is 0 Å². The van der Waals surface area contributed by atoms with Crippen molar-refractivity contribution in [1.82, 2.24) is 0 Å². The van der Waals surface area contributed by atoms with E-state index >= 15 is 0 Å².